The summed E-state index contributed by atoms with van der Waals surface area (Å²) in [5, 5.41) is 10.6. The Kier molecular flexibility index (Phi) is 7.87. The van der Waals surface area contributed by atoms with Gasteiger partial charge in [-0.05, 0) is 34.1 Å². The minimum atomic E-state index is 0.577. The molecular formula is C15H31N7. The summed E-state index contributed by atoms with van der Waals surface area (Å²) in [5.74, 6) is 1.68. The molecule has 1 aromatic heterocycles. The fourth-order valence-corrected chi connectivity index (χ4v) is 2.44. The molecule has 1 heterocycles. The molecule has 0 saturated carbocycles. The van der Waals surface area contributed by atoms with Crippen LogP contribution in [0, 0.1) is 0 Å². The van der Waals surface area contributed by atoms with Gasteiger partial charge in [0.25, 0.3) is 0 Å². The van der Waals surface area contributed by atoms with Gasteiger partial charge in [0.15, 0.2) is 5.96 Å². The minimum absolute atomic E-state index is 0.577. The summed E-state index contributed by atoms with van der Waals surface area (Å²) in [5.41, 5.74) is 0. The molecule has 1 aromatic rings. The third kappa shape index (κ3) is 6.01. The number of nitrogens with one attached hydrogen (secondary N) is 2. The van der Waals surface area contributed by atoms with Crippen molar-refractivity contribution in [1.82, 2.24) is 30.3 Å². The molecule has 0 spiro atoms. The Hall–Kier alpha value is -1.63. The lowest BCUT2D eigenvalue weighted by Gasteiger charge is -2.30. The van der Waals surface area contributed by atoms with Crippen molar-refractivity contribution in [2.24, 2.45) is 12.0 Å². The highest BCUT2D eigenvalue weighted by atomic mass is 15.3. The number of aromatic nitrogens is 3. The molecule has 1 rings (SSSR count). The third-order valence-corrected chi connectivity index (χ3v) is 3.65. The maximum Gasteiger partial charge on any atom is 0.191 e. The number of nitrogens with zero attached hydrogens (tertiary/aromatic N) is 5. The van der Waals surface area contributed by atoms with E-state index in [0.717, 1.165) is 31.3 Å². The Morgan fingerprint density at radius 1 is 1.27 bits per heavy atom. The zero-order valence-corrected chi connectivity index (χ0v) is 14.8. The van der Waals surface area contributed by atoms with Gasteiger partial charge in [0.1, 0.15) is 12.2 Å². The number of guanidine groups is 1. The first kappa shape index (κ1) is 18.4. The second-order valence-electron chi connectivity index (χ2n) is 5.93. The average molecular weight is 309 g/mol. The lowest BCUT2D eigenvalue weighted by atomic mass is 10.2. The number of hydrogen-bond donors (Lipinski definition) is 2. The van der Waals surface area contributed by atoms with Crippen molar-refractivity contribution in [3.63, 3.8) is 0 Å². The summed E-state index contributed by atoms with van der Waals surface area (Å²) in [6, 6.07) is 1.15. The molecule has 0 amide bonds. The second kappa shape index (κ2) is 9.40. The fourth-order valence-electron chi connectivity index (χ4n) is 2.44. The molecular weight excluding hydrogens is 278 g/mol. The Balaban J connectivity index is 2.28. The number of hydrogen-bond acceptors (Lipinski definition) is 4. The van der Waals surface area contributed by atoms with Crippen molar-refractivity contribution in [3.05, 3.63) is 12.2 Å². The Morgan fingerprint density at radius 3 is 2.45 bits per heavy atom. The van der Waals surface area contributed by atoms with Crippen molar-refractivity contribution in [3.8, 4) is 0 Å². The topological polar surface area (TPSA) is 70.4 Å². The van der Waals surface area contributed by atoms with E-state index >= 15 is 0 Å². The van der Waals surface area contributed by atoms with Crippen molar-refractivity contribution < 1.29 is 0 Å². The van der Waals surface area contributed by atoms with Gasteiger partial charge in [-0.25, -0.2) is 4.98 Å². The molecule has 7 heteroatoms. The summed E-state index contributed by atoms with van der Waals surface area (Å²) in [4.78, 5) is 10.9. The van der Waals surface area contributed by atoms with Gasteiger partial charge in [0.05, 0.1) is 6.54 Å². The molecule has 0 unspecified atom stereocenters. The lowest BCUT2D eigenvalue weighted by Crippen LogP contribution is -2.41. The highest BCUT2D eigenvalue weighted by Crippen LogP contribution is 2.05. The van der Waals surface area contributed by atoms with E-state index in [-0.39, 0.29) is 0 Å². The van der Waals surface area contributed by atoms with Crippen LogP contribution in [0.1, 0.15) is 39.9 Å². The first-order chi connectivity index (χ1) is 10.5. The van der Waals surface area contributed by atoms with Crippen molar-refractivity contribution in [2.75, 3.05) is 20.1 Å². The van der Waals surface area contributed by atoms with Crippen LogP contribution in [-0.2, 0) is 13.6 Å². The van der Waals surface area contributed by atoms with E-state index in [2.05, 4.69) is 58.3 Å². The van der Waals surface area contributed by atoms with Crippen LogP contribution in [0.25, 0.3) is 0 Å². The predicted molar refractivity (Wildman–Crippen MR) is 90.8 cm³/mol. The molecule has 0 bridgehead atoms. The van der Waals surface area contributed by atoms with E-state index in [4.69, 9.17) is 0 Å². The summed E-state index contributed by atoms with van der Waals surface area (Å²) >= 11 is 0. The van der Waals surface area contributed by atoms with Crippen LogP contribution in [0.3, 0.4) is 0 Å². The third-order valence-electron chi connectivity index (χ3n) is 3.65. The normalized spacial score (nSPS) is 12.5. The number of rotatable bonds is 8. The van der Waals surface area contributed by atoms with Gasteiger partial charge in [-0.3, -0.25) is 14.6 Å². The summed E-state index contributed by atoms with van der Waals surface area (Å²) in [6.45, 7) is 11.6. The van der Waals surface area contributed by atoms with Crippen molar-refractivity contribution >= 4 is 5.96 Å². The van der Waals surface area contributed by atoms with Crippen LogP contribution in [0.15, 0.2) is 11.3 Å². The van der Waals surface area contributed by atoms with E-state index in [9.17, 15) is 0 Å². The van der Waals surface area contributed by atoms with Gasteiger partial charge in [-0.2, -0.15) is 5.10 Å². The number of aliphatic imine (C=N–C) groups is 1. The monoisotopic (exact) mass is 309 g/mol. The van der Waals surface area contributed by atoms with Crippen molar-refractivity contribution in [1.29, 1.82) is 0 Å². The highest BCUT2D eigenvalue weighted by molar-refractivity contribution is 5.79. The van der Waals surface area contributed by atoms with Crippen LogP contribution in [0.4, 0.5) is 0 Å². The molecule has 0 fully saturated rings. The quantitative estimate of drug-likeness (QED) is 0.426. The zero-order valence-electron chi connectivity index (χ0n) is 14.8. The Bertz CT molecular complexity index is 442. The van der Waals surface area contributed by atoms with Gasteiger partial charge >= 0.3 is 0 Å². The number of aryl methyl sites for hydroxylation is 1. The SMILES string of the molecule is CN=C(NCCCN(C(C)C)C(C)C)NCc1ncnn1C. The van der Waals surface area contributed by atoms with E-state index < -0.39 is 0 Å². The van der Waals surface area contributed by atoms with Crippen LogP contribution in [0.2, 0.25) is 0 Å². The van der Waals surface area contributed by atoms with E-state index in [0.29, 0.717) is 18.6 Å². The molecule has 0 atom stereocenters. The van der Waals surface area contributed by atoms with Gasteiger partial charge in [0.2, 0.25) is 0 Å². The largest absolute Gasteiger partial charge is 0.356 e. The molecule has 0 aliphatic rings. The molecule has 2 N–H and O–H groups in total. The summed E-state index contributed by atoms with van der Waals surface area (Å²) < 4.78 is 1.75. The lowest BCUT2D eigenvalue weighted by molar-refractivity contribution is 0.173. The zero-order chi connectivity index (χ0) is 16.5. The van der Waals surface area contributed by atoms with E-state index in [1.165, 1.54) is 0 Å². The van der Waals surface area contributed by atoms with Crippen LogP contribution in [-0.4, -0.2) is 57.8 Å². The first-order valence-corrected chi connectivity index (χ1v) is 7.98. The maximum atomic E-state index is 4.23. The molecule has 126 valence electrons. The molecule has 0 aliphatic carbocycles. The van der Waals surface area contributed by atoms with Gasteiger partial charge in [-0.15, -0.1) is 0 Å². The average Bonchev–Trinajstić information content (AvgIpc) is 2.86. The van der Waals surface area contributed by atoms with E-state index in [1.807, 2.05) is 7.05 Å². The molecule has 0 radical (unpaired) electrons. The molecule has 0 aliphatic heterocycles. The van der Waals surface area contributed by atoms with Crippen LogP contribution >= 0.6 is 0 Å². The molecule has 0 aromatic carbocycles. The first-order valence-electron chi connectivity index (χ1n) is 7.98. The van der Waals surface area contributed by atoms with Crippen LogP contribution in [0.5, 0.6) is 0 Å². The van der Waals surface area contributed by atoms with Gasteiger partial charge in [-0.1, -0.05) is 0 Å². The predicted octanol–water partition coefficient (Wildman–Crippen LogP) is 0.989. The summed E-state index contributed by atoms with van der Waals surface area (Å²) in [7, 11) is 3.66. The second-order valence-corrected chi connectivity index (χ2v) is 5.93. The minimum Gasteiger partial charge on any atom is -0.356 e. The van der Waals surface area contributed by atoms with Crippen molar-refractivity contribution in [2.45, 2.75) is 52.7 Å². The summed E-state index contributed by atoms with van der Waals surface area (Å²) in [6.07, 6.45) is 2.64. The highest BCUT2D eigenvalue weighted by Gasteiger charge is 2.12. The van der Waals surface area contributed by atoms with Gasteiger partial charge in [0, 0.05) is 39.3 Å². The fraction of sp³-hybridized carbons (Fsp3) is 0.800. The maximum absolute atomic E-state index is 4.23. The molecule has 7 nitrogen and oxygen atoms in total. The van der Waals surface area contributed by atoms with E-state index in [1.54, 1.807) is 18.1 Å². The molecule has 0 saturated heterocycles. The van der Waals surface area contributed by atoms with Crippen LogP contribution < -0.4 is 10.6 Å². The smallest absolute Gasteiger partial charge is 0.191 e. The Labute approximate surface area is 134 Å². The standard InChI is InChI=1S/C15H31N7/c1-12(2)22(13(3)4)9-7-8-17-15(16-5)18-10-14-19-11-20-21(14)6/h11-13H,7-10H2,1-6H3,(H2,16,17,18). The van der Waals surface area contributed by atoms with Gasteiger partial charge < -0.3 is 10.6 Å². The molecule has 22 heavy (non-hydrogen) atoms. The Morgan fingerprint density at radius 2 is 1.95 bits per heavy atom.